The third kappa shape index (κ3) is 6.00. The predicted molar refractivity (Wildman–Crippen MR) is 90.0 cm³/mol. The molecule has 0 unspecified atom stereocenters. The molecule has 1 N–H and O–H groups in total. The molecule has 0 atom stereocenters. The Kier molecular flexibility index (Phi) is 6.44. The summed E-state index contributed by atoms with van der Waals surface area (Å²) in [7, 11) is 0. The summed E-state index contributed by atoms with van der Waals surface area (Å²) in [6.07, 6.45) is 0.936. The number of nitrogens with zero attached hydrogens (tertiary/aromatic N) is 1. The molecule has 5 nitrogen and oxygen atoms in total. The molecule has 0 heterocycles. The molecule has 1 amide bonds. The normalized spacial score (nSPS) is 10.5. The fourth-order valence-corrected chi connectivity index (χ4v) is 1.88. The van der Waals surface area contributed by atoms with E-state index in [-0.39, 0.29) is 0 Å². The number of halogens is 1. The van der Waals surface area contributed by atoms with Crippen molar-refractivity contribution < 1.29 is 14.3 Å². The van der Waals surface area contributed by atoms with E-state index in [0.717, 1.165) is 11.1 Å². The Morgan fingerprint density at radius 2 is 2.04 bits per heavy atom. The van der Waals surface area contributed by atoms with Crippen molar-refractivity contribution in [3.05, 3.63) is 64.7 Å². The molecule has 2 rings (SSSR count). The first-order chi connectivity index (χ1) is 11.2. The van der Waals surface area contributed by atoms with Gasteiger partial charge >= 0.3 is 6.09 Å². The van der Waals surface area contributed by atoms with Crippen molar-refractivity contribution in [2.45, 2.75) is 13.5 Å². The molecule has 0 saturated carbocycles. The van der Waals surface area contributed by atoms with E-state index in [4.69, 9.17) is 21.1 Å². The first-order valence-electron chi connectivity index (χ1n) is 7.10. The Labute approximate surface area is 139 Å². The van der Waals surface area contributed by atoms with Crippen molar-refractivity contribution in [2.24, 2.45) is 5.10 Å². The number of amides is 1. The topological polar surface area (TPSA) is 59.9 Å². The molecule has 0 fully saturated rings. The zero-order chi connectivity index (χ0) is 16.5. The molecule has 0 saturated heterocycles. The highest BCUT2D eigenvalue weighted by Crippen LogP contribution is 2.15. The van der Waals surface area contributed by atoms with Gasteiger partial charge in [-0.3, -0.25) is 0 Å². The van der Waals surface area contributed by atoms with E-state index in [1.807, 2.05) is 48.5 Å². The minimum Gasteiger partial charge on any atom is -0.489 e. The second-order valence-electron chi connectivity index (χ2n) is 4.58. The van der Waals surface area contributed by atoms with Gasteiger partial charge in [0.1, 0.15) is 12.4 Å². The van der Waals surface area contributed by atoms with Gasteiger partial charge in [0.25, 0.3) is 0 Å². The van der Waals surface area contributed by atoms with E-state index < -0.39 is 6.09 Å². The monoisotopic (exact) mass is 332 g/mol. The number of hydrogen-bond acceptors (Lipinski definition) is 4. The zero-order valence-corrected chi connectivity index (χ0v) is 13.4. The molecule has 6 heteroatoms. The Balaban J connectivity index is 1.90. The zero-order valence-electron chi connectivity index (χ0n) is 12.7. The first-order valence-corrected chi connectivity index (χ1v) is 7.48. The van der Waals surface area contributed by atoms with E-state index in [9.17, 15) is 4.79 Å². The molecule has 0 aliphatic heterocycles. The van der Waals surface area contributed by atoms with E-state index in [2.05, 4.69) is 10.5 Å². The van der Waals surface area contributed by atoms with Crippen molar-refractivity contribution in [2.75, 3.05) is 6.61 Å². The lowest BCUT2D eigenvalue weighted by Gasteiger charge is -2.07. The van der Waals surface area contributed by atoms with Crippen LogP contribution in [0, 0.1) is 0 Å². The summed E-state index contributed by atoms with van der Waals surface area (Å²) in [6, 6.07) is 14.9. The molecular formula is C17H17ClN2O3. The lowest BCUT2D eigenvalue weighted by molar-refractivity contribution is 0.152. The number of nitrogens with one attached hydrogen (secondary N) is 1. The lowest BCUT2D eigenvalue weighted by atomic mass is 10.2. The van der Waals surface area contributed by atoms with Gasteiger partial charge in [-0.25, -0.2) is 10.2 Å². The molecule has 2 aromatic carbocycles. The number of hydrogen-bond donors (Lipinski definition) is 1. The molecule has 0 radical (unpaired) electrons. The van der Waals surface area contributed by atoms with Gasteiger partial charge in [-0.15, -0.1) is 0 Å². The average Bonchev–Trinajstić information content (AvgIpc) is 2.55. The first kappa shape index (κ1) is 16.8. The molecule has 0 aromatic heterocycles. The summed E-state index contributed by atoms with van der Waals surface area (Å²) in [6.45, 7) is 2.47. The van der Waals surface area contributed by atoms with Gasteiger partial charge in [0.05, 0.1) is 12.8 Å². The summed E-state index contributed by atoms with van der Waals surface area (Å²) in [5, 5.41) is 4.50. The van der Waals surface area contributed by atoms with Crippen molar-refractivity contribution in [3.8, 4) is 5.75 Å². The predicted octanol–water partition coefficient (Wildman–Crippen LogP) is 4.00. The van der Waals surface area contributed by atoms with Gasteiger partial charge in [-0.05, 0) is 42.3 Å². The van der Waals surface area contributed by atoms with Crippen LogP contribution in [0.2, 0.25) is 5.02 Å². The van der Waals surface area contributed by atoms with Crippen LogP contribution >= 0.6 is 11.6 Å². The number of carbonyl (C=O) groups is 1. The van der Waals surface area contributed by atoms with E-state index in [1.165, 1.54) is 6.21 Å². The summed E-state index contributed by atoms with van der Waals surface area (Å²) >= 11 is 5.85. The Morgan fingerprint density at radius 1 is 1.26 bits per heavy atom. The van der Waals surface area contributed by atoms with Crippen molar-refractivity contribution in [1.29, 1.82) is 0 Å². The van der Waals surface area contributed by atoms with Gasteiger partial charge in [-0.2, -0.15) is 5.10 Å². The maximum Gasteiger partial charge on any atom is 0.427 e. The fraction of sp³-hybridized carbons (Fsp3) is 0.176. The summed E-state index contributed by atoms with van der Waals surface area (Å²) < 4.78 is 10.4. The van der Waals surface area contributed by atoms with E-state index in [0.29, 0.717) is 24.0 Å². The SMILES string of the molecule is CCOC(=O)N/N=C\c1cccc(OCc2ccc(Cl)cc2)c1. The van der Waals surface area contributed by atoms with Gasteiger partial charge in [0.2, 0.25) is 0 Å². The van der Waals surface area contributed by atoms with Gasteiger partial charge in [0, 0.05) is 5.02 Å². The Morgan fingerprint density at radius 3 is 2.78 bits per heavy atom. The maximum absolute atomic E-state index is 11.1. The maximum atomic E-state index is 11.1. The van der Waals surface area contributed by atoms with Crippen LogP contribution in [0.5, 0.6) is 5.75 Å². The third-order valence-electron chi connectivity index (χ3n) is 2.82. The molecule has 120 valence electrons. The number of carbonyl (C=O) groups excluding carboxylic acids is 1. The number of hydrazone groups is 1. The standard InChI is InChI=1S/C17H17ClN2O3/c1-2-22-17(21)20-19-11-14-4-3-5-16(10-14)23-12-13-6-8-15(18)9-7-13/h3-11H,2,12H2,1H3,(H,20,21)/b19-11-. The van der Waals surface area contributed by atoms with Crippen LogP contribution in [0.3, 0.4) is 0 Å². The van der Waals surface area contributed by atoms with Crippen molar-refractivity contribution >= 4 is 23.9 Å². The van der Waals surface area contributed by atoms with Crippen LogP contribution in [0.25, 0.3) is 0 Å². The quantitative estimate of drug-likeness (QED) is 0.642. The Bertz CT molecular complexity index is 672. The van der Waals surface area contributed by atoms with Crippen molar-refractivity contribution in [3.63, 3.8) is 0 Å². The van der Waals surface area contributed by atoms with Crippen LogP contribution in [0.4, 0.5) is 4.79 Å². The van der Waals surface area contributed by atoms with Crippen molar-refractivity contribution in [1.82, 2.24) is 5.43 Å². The van der Waals surface area contributed by atoms with Gasteiger partial charge in [0.15, 0.2) is 0 Å². The molecule has 23 heavy (non-hydrogen) atoms. The molecule has 0 spiro atoms. The second kappa shape index (κ2) is 8.80. The summed E-state index contributed by atoms with van der Waals surface area (Å²) in [4.78, 5) is 11.1. The number of benzene rings is 2. The average molecular weight is 333 g/mol. The van der Waals surface area contributed by atoms with Crippen LogP contribution in [-0.4, -0.2) is 18.9 Å². The lowest BCUT2D eigenvalue weighted by Crippen LogP contribution is -2.18. The van der Waals surface area contributed by atoms with Gasteiger partial charge in [-0.1, -0.05) is 35.9 Å². The molecule has 0 aliphatic carbocycles. The summed E-state index contributed by atoms with van der Waals surface area (Å²) in [5.41, 5.74) is 4.10. The molecule has 0 bridgehead atoms. The highest BCUT2D eigenvalue weighted by atomic mass is 35.5. The van der Waals surface area contributed by atoms with E-state index in [1.54, 1.807) is 6.92 Å². The van der Waals surface area contributed by atoms with Crippen LogP contribution in [0.15, 0.2) is 53.6 Å². The summed E-state index contributed by atoms with van der Waals surface area (Å²) in [5.74, 6) is 0.708. The van der Waals surface area contributed by atoms with Crippen LogP contribution in [-0.2, 0) is 11.3 Å². The molecule has 0 aliphatic rings. The fourth-order valence-electron chi connectivity index (χ4n) is 1.75. The van der Waals surface area contributed by atoms with Crippen LogP contribution in [0.1, 0.15) is 18.1 Å². The Hall–Kier alpha value is -2.53. The van der Waals surface area contributed by atoms with Crippen LogP contribution < -0.4 is 10.2 Å². The largest absolute Gasteiger partial charge is 0.489 e. The second-order valence-corrected chi connectivity index (χ2v) is 5.01. The van der Waals surface area contributed by atoms with Gasteiger partial charge < -0.3 is 9.47 Å². The minimum absolute atomic E-state index is 0.301. The molecule has 2 aromatic rings. The minimum atomic E-state index is -0.584. The van der Waals surface area contributed by atoms with E-state index >= 15 is 0 Å². The highest BCUT2D eigenvalue weighted by Gasteiger charge is 1.99. The number of ether oxygens (including phenoxy) is 2. The smallest absolute Gasteiger partial charge is 0.427 e. The highest BCUT2D eigenvalue weighted by molar-refractivity contribution is 6.30. The number of rotatable bonds is 6. The third-order valence-corrected chi connectivity index (χ3v) is 3.07. The molecular weight excluding hydrogens is 316 g/mol.